The van der Waals surface area contributed by atoms with Gasteiger partial charge in [0.1, 0.15) is 6.33 Å². The third-order valence-electron chi connectivity index (χ3n) is 1.99. The molecule has 0 saturated carbocycles. The van der Waals surface area contributed by atoms with Gasteiger partial charge in [0.05, 0.1) is 5.69 Å². The quantitative estimate of drug-likeness (QED) is 0.751. The molecule has 0 saturated heterocycles. The van der Waals surface area contributed by atoms with Gasteiger partial charge in [0.15, 0.2) is 0 Å². The number of hydrogen-bond donors (Lipinski definition) is 1. The largest absolute Gasteiger partial charge is 0.399 e. The first-order valence-corrected chi connectivity index (χ1v) is 4.64. The second-order valence-electron chi connectivity index (χ2n) is 3.13. The number of anilines is 1. The van der Waals surface area contributed by atoms with Crippen molar-refractivity contribution in [1.29, 1.82) is 0 Å². The summed E-state index contributed by atoms with van der Waals surface area (Å²) in [6.07, 6.45) is 7.17. The average Bonchev–Trinajstić information content (AvgIpc) is 2.30. The fourth-order valence-corrected chi connectivity index (χ4v) is 1.19. The number of nitrogens with zero attached hydrogens (tertiary/aromatic N) is 2. The van der Waals surface area contributed by atoms with E-state index in [0.29, 0.717) is 0 Å². The SMILES string of the molecule is Nc1ccc(C=Cc2ccncn2)cc1. The van der Waals surface area contributed by atoms with Crippen molar-refractivity contribution in [3.8, 4) is 0 Å². The lowest BCUT2D eigenvalue weighted by Crippen LogP contribution is -1.83. The van der Waals surface area contributed by atoms with Crippen LogP contribution in [-0.4, -0.2) is 9.97 Å². The minimum atomic E-state index is 0.772. The Balaban J connectivity index is 2.15. The van der Waals surface area contributed by atoms with Crippen molar-refractivity contribution in [2.24, 2.45) is 0 Å². The summed E-state index contributed by atoms with van der Waals surface area (Å²) < 4.78 is 0. The molecule has 1 heterocycles. The third kappa shape index (κ3) is 2.64. The predicted molar refractivity (Wildman–Crippen MR) is 61.8 cm³/mol. The second kappa shape index (κ2) is 4.37. The van der Waals surface area contributed by atoms with E-state index >= 15 is 0 Å². The first-order valence-electron chi connectivity index (χ1n) is 4.64. The third-order valence-corrected chi connectivity index (χ3v) is 1.99. The molecule has 3 heteroatoms. The zero-order valence-corrected chi connectivity index (χ0v) is 8.17. The molecule has 0 fully saturated rings. The first kappa shape index (κ1) is 9.40. The van der Waals surface area contributed by atoms with E-state index in [0.717, 1.165) is 16.9 Å². The maximum absolute atomic E-state index is 5.59. The molecule has 2 rings (SSSR count). The highest BCUT2D eigenvalue weighted by Gasteiger charge is 1.88. The van der Waals surface area contributed by atoms with Crippen molar-refractivity contribution >= 4 is 17.8 Å². The van der Waals surface area contributed by atoms with Crippen LogP contribution in [0.4, 0.5) is 5.69 Å². The lowest BCUT2D eigenvalue weighted by molar-refractivity contribution is 1.15. The van der Waals surface area contributed by atoms with Gasteiger partial charge in [-0.1, -0.05) is 18.2 Å². The van der Waals surface area contributed by atoms with Crippen molar-refractivity contribution in [2.75, 3.05) is 5.73 Å². The van der Waals surface area contributed by atoms with Gasteiger partial charge in [0.25, 0.3) is 0 Å². The van der Waals surface area contributed by atoms with Crippen molar-refractivity contribution in [3.63, 3.8) is 0 Å². The van der Waals surface area contributed by atoms with Crippen molar-refractivity contribution in [1.82, 2.24) is 9.97 Å². The molecule has 0 bridgehead atoms. The number of nitrogen functional groups attached to an aromatic ring is 1. The summed E-state index contributed by atoms with van der Waals surface area (Å²) in [6.45, 7) is 0. The molecule has 0 atom stereocenters. The van der Waals surface area contributed by atoms with E-state index in [9.17, 15) is 0 Å². The van der Waals surface area contributed by atoms with Gasteiger partial charge in [-0.15, -0.1) is 0 Å². The lowest BCUT2D eigenvalue weighted by atomic mass is 10.2. The van der Waals surface area contributed by atoms with Crippen LogP contribution in [0.1, 0.15) is 11.3 Å². The highest BCUT2D eigenvalue weighted by atomic mass is 14.8. The van der Waals surface area contributed by atoms with Gasteiger partial charge in [-0.3, -0.25) is 0 Å². The summed E-state index contributed by atoms with van der Waals surface area (Å²) in [6, 6.07) is 9.53. The van der Waals surface area contributed by atoms with Crippen LogP contribution in [0.25, 0.3) is 12.2 Å². The van der Waals surface area contributed by atoms with Gasteiger partial charge in [-0.2, -0.15) is 0 Å². The van der Waals surface area contributed by atoms with Gasteiger partial charge in [0, 0.05) is 11.9 Å². The molecule has 3 nitrogen and oxygen atoms in total. The normalized spacial score (nSPS) is 10.7. The fourth-order valence-electron chi connectivity index (χ4n) is 1.19. The summed E-state index contributed by atoms with van der Waals surface area (Å²) in [5, 5.41) is 0. The Morgan fingerprint density at radius 3 is 2.47 bits per heavy atom. The van der Waals surface area contributed by atoms with E-state index in [2.05, 4.69) is 9.97 Å². The topological polar surface area (TPSA) is 51.8 Å². The minimum absolute atomic E-state index is 0.772. The van der Waals surface area contributed by atoms with E-state index in [1.165, 1.54) is 6.33 Å². The molecule has 2 aromatic rings. The van der Waals surface area contributed by atoms with Gasteiger partial charge in [-0.05, 0) is 29.8 Å². The number of benzene rings is 1. The van der Waals surface area contributed by atoms with E-state index in [-0.39, 0.29) is 0 Å². The van der Waals surface area contributed by atoms with Crippen LogP contribution in [0.3, 0.4) is 0 Å². The molecule has 1 aromatic carbocycles. The van der Waals surface area contributed by atoms with Crippen LogP contribution in [0, 0.1) is 0 Å². The standard InChI is InChI=1S/C12H11N3/c13-11-4-1-10(2-5-11)3-6-12-7-8-14-9-15-12/h1-9H,13H2. The molecule has 0 unspecified atom stereocenters. The molecule has 0 aliphatic rings. The van der Waals surface area contributed by atoms with Crippen LogP contribution < -0.4 is 5.73 Å². The number of rotatable bonds is 2. The Bertz CT molecular complexity index is 446. The summed E-state index contributed by atoms with van der Waals surface area (Å²) in [4.78, 5) is 7.94. The number of hydrogen-bond acceptors (Lipinski definition) is 3. The number of nitrogens with two attached hydrogens (primary N) is 1. The maximum Gasteiger partial charge on any atom is 0.115 e. The zero-order chi connectivity index (χ0) is 10.5. The first-order chi connectivity index (χ1) is 7.34. The Kier molecular flexibility index (Phi) is 2.74. The zero-order valence-electron chi connectivity index (χ0n) is 8.17. The lowest BCUT2D eigenvalue weighted by Gasteiger charge is -1.94. The van der Waals surface area contributed by atoms with Crippen molar-refractivity contribution < 1.29 is 0 Å². The monoisotopic (exact) mass is 197 g/mol. The van der Waals surface area contributed by atoms with Crippen LogP contribution in [-0.2, 0) is 0 Å². The Labute approximate surface area is 88.3 Å². The highest BCUT2D eigenvalue weighted by Crippen LogP contribution is 2.08. The second-order valence-corrected chi connectivity index (χ2v) is 3.13. The van der Waals surface area contributed by atoms with Crippen molar-refractivity contribution in [2.45, 2.75) is 0 Å². The van der Waals surface area contributed by atoms with E-state index in [4.69, 9.17) is 5.73 Å². The van der Waals surface area contributed by atoms with Crippen LogP contribution in [0.2, 0.25) is 0 Å². The smallest absolute Gasteiger partial charge is 0.115 e. The van der Waals surface area contributed by atoms with Crippen LogP contribution in [0.5, 0.6) is 0 Å². The Morgan fingerprint density at radius 2 is 1.80 bits per heavy atom. The van der Waals surface area contributed by atoms with Crippen molar-refractivity contribution in [3.05, 3.63) is 54.1 Å². The van der Waals surface area contributed by atoms with E-state index in [1.54, 1.807) is 6.20 Å². The van der Waals surface area contributed by atoms with Gasteiger partial charge in [-0.25, -0.2) is 9.97 Å². The van der Waals surface area contributed by atoms with Crippen LogP contribution in [0.15, 0.2) is 42.9 Å². The molecular weight excluding hydrogens is 186 g/mol. The fraction of sp³-hybridized carbons (Fsp3) is 0. The molecule has 15 heavy (non-hydrogen) atoms. The highest BCUT2D eigenvalue weighted by molar-refractivity contribution is 5.68. The summed E-state index contributed by atoms with van der Waals surface area (Å²) in [5.74, 6) is 0. The molecule has 74 valence electrons. The minimum Gasteiger partial charge on any atom is -0.399 e. The Morgan fingerprint density at radius 1 is 1.00 bits per heavy atom. The van der Waals surface area contributed by atoms with Gasteiger partial charge in [0.2, 0.25) is 0 Å². The molecule has 0 radical (unpaired) electrons. The predicted octanol–water partition coefficient (Wildman–Crippen LogP) is 2.23. The molecule has 0 aliphatic carbocycles. The van der Waals surface area contributed by atoms with E-state index < -0.39 is 0 Å². The van der Waals surface area contributed by atoms with E-state index in [1.807, 2.05) is 42.5 Å². The summed E-state index contributed by atoms with van der Waals surface area (Å²) in [7, 11) is 0. The number of aromatic nitrogens is 2. The van der Waals surface area contributed by atoms with Crippen LogP contribution >= 0.6 is 0 Å². The molecule has 0 amide bonds. The average molecular weight is 197 g/mol. The molecule has 0 spiro atoms. The molecule has 2 N–H and O–H groups in total. The van der Waals surface area contributed by atoms with Gasteiger partial charge >= 0.3 is 0 Å². The summed E-state index contributed by atoms with van der Waals surface area (Å²) in [5.41, 5.74) is 8.35. The van der Waals surface area contributed by atoms with Gasteiger partial charge < -0.3 is 5.73 Å². The molecule has 0 aliphatic heterocycles. The Hall–Kier alpha value is -2.16. The maximum atomic E-state index is 5.59. The summed E-state index contributed by atoms with van der Waals surface area (Å²) >= 11 is 0. The molecular formula is C12H11N3. The molecule has 1 aromatic heterocycles.